The Morgan fingerprint density at radius 2 is 2.12 bits per heavy atom. The van der Waals surface area contributed by atoms with Crippen molar-refractivity contribution in [3.63, 3.8) is 0 Å². The van der Waals surface area contributed by atoms with E-state index in [0.29, 0.717) is 11.7 Å². The van der Waals surface area contributed by atoms with Crippen LogP contribution in [0.25, 0.3) is 0 Å². The standard InChI is InChI=1S/C15H19NO/c1-15-8-14(17)7-13(15)10-16(11-15)9-12-5-3-2-4-6-12/h2-6,13H,7-11H2,1H3/t13-,15+/m1/s1. The minimum Gasteiger partial charge on any atom is -0.300 e. The van der Waals surface area contributed by atoms with Crippen LogP contribution in [0.5, 0.6) is 0 Å². The van der Waals surface area contributed by atoms with E-state index in [1.165, 1.54) is 5.56 Å². The SMILES string of the molecule is C[C@@]12CC(=O)C[C@@H]1CN(Cc1ccccc1)C2. The van der Waals surface area contributed by atoms with Gasteiger partial charge < -0.3 is 0 Å². The summed E-state index contributed by atoms with van der Waals surface area (Å²) < 4.78 is 0. The second-order valence-electron chi connectivity index (χ2n) is 5.93. The van der Waals surface area contributed by atoms with Gasteiger partial charge in [0.25, 0.3) is 0 Å². The topological polar surface area (TPSA) is 20.3 Å². The van der Waals surface area contributed by atoms with E-state index >= 15 is 0 Å². The molecule has 0 radical (unpaired) electrons. The minimum absolute atomic E-state index is 0.256. The number of carbonyl (C=O) groups is 1. The molecule has 2 aliphatic rings. The van der Waals surface area contributed by atoms with Crippen LogP contribution in [0, 0.1) is 11.3 Å². The summed E-state index contributed by atoms with van der Waals surface area (Å²) >= 11 is 0. The van der Waals surface area contributed by atoms with Gasteiger partial charge in [-0.1, -0.05) is 37.3 Å². The second kappa shape index (κ2) is 3.95. The van der Waals surface area contributed by atoms with Gasteiger partial charge in [-0.15, -0.1) is 0 Å². The Morgan fingerprint density at radius 1 is 1.35 bits per heavy atom. The molecule has 1 aromatic carbocycles. The van der Waals surface area contributed by atoms with Crippen LogP contribution in [0.3, 0.4) is 0 Å². The van der Waals surface area contributed by atoms with Crippen molar-refractivity contribution in [1.82, 2.24) is 4.90 Å². The lowest BCUT2D eigenvalue weighted by Crippen LogP contribution is -2.25. The molecule has 0 amide bonds. The fourth-order valence-corrected chi connectivity index (χ4v) is 3.51. The van der Waals surface area contributed by atoms with Crippen LogP contribution in [0.1, 0.15) is 25.3 Å². The lowest BCUT2D eigenvalue weighted by molar-refractivity contribution is -0.118. The maximum Gasteiger partial charge on any atom is 0.133 e. The number of nitrogens with zero attached hydrogens (tertiary/aromatic N) is 1. The zero-order chi connectivity index (χ0) is 11.9. The predicted molar refractivity (Wildman–Crippen MR) is 67.6 cm³/mol. The zero-order valence-corrected chi connectivity index (χ0v) is 10.4. The molecule has 1 saturated heterocycles. The zero-order valence-electron chi connectivity index (χ0n) is 10.4. The Hall–Kier alpha value is -1.15. The van der Waals surface area contributed by atoms with E-state index in [1.54, 1.807) is 0 Å². The van der Waals surface area contributed by atoms with Crippen LogP contribution in [0.2, 0.25) is 0 Å². The molecule has 0 bridgehead atoms. The summed E-state index contributed by atoms with van der Waals surface area (Å²) in [6.07, 6.45) is 1.60. The van der Waals surface area contributed by atoms with E-state index in [9.17, 15) is 4.79 Å². The Kier molecular flexibility index (Phi) is 2.55. The van der Waals surface area contributed by atoms with Gasteiger partial charge in [-0.05, 0) is 16.9 Å². The first-order valence-corrected chi connectivity index (χ1v) is 6.44. The highest BCUT2D eigenvalue weighted by Crippen LogP contribution is 2.46. The van der Waals surface area contributed by atoms with Crippen LogP contribution >= 0.6 is 0 Å². The van der Waals surface area contributed by atoms with Gasteiger partial charge in [0.2, 0.25) is 0 Å². The summed E-state index contributed by atoms with van der Waals surface area (Å²) in [5.41, 5.74) is 1.63. The summed E-state index contributed by atoms with van der Waals surface area (Å²) in [6, 6.07) is 10.6. The summed E-state index contributed by atoms with van der Waals surface area (Å²) in [7, 11) is 0. The molecule has 0 aromatic heterocycles. The van der Waals surface area contributed by atoms with Crippen LogP contribution in [-0.2, 0) is 11.3 Å². The molecule has 0 N–H and O–H groups in total. The maximum absolute atomic E-state index is 11.5. The van der Waals surface area contributed by atoms with Crippen LogP contribution < -0.4 is 0 Å². The molecule has 1 saturated carbocycles. The number of carbonyl (C=O) groups excluding carboxylic acids is 1. The molecule has 1 aromatic rings. The normalized spacial score (nSPS) is 33.0. The third-order valence-corrected chi connectivity index (χ3v) is 4.37. The van der Waals surface area contributed by atoms with Gasteiger partial charge in [0, 0.05) is 32.5 Å². The van der Waals surface area contributed by atoms with Crippen molar-refractivity contribution in [3.05, 3.63) is 35.9 Å². The van der Waals surface area contributed by atoms with Gasteiger partial charge >= 0.3 is 0 Å². The molecular weight excluding hydrogens is 210 g/mol. The Balaban J connectivity index is 1.68. The molecule has 1 heterocycles. The maximum atomic E-state index is 11.5. The van der Waals surface area contributed by atoms with Gasteiger partial charge in [0.15, 0.2) is 0 Å². The summed E-state index contributed by atoms with van der Waals surface area (Å²) in [6.45, 7) is 5.49. The molecule has 0 unspecified atom stereocenters. The minimum atomic E-state index is 0.256. The van der Waals surface area contributed by atoms with Crippen LogP contribution in [0.15, 0.2) is 30.3 Å². The van der Waals surface area contributed by atoms with E-state index in [-0.39, 0.29) is 5.41 Å². The molecule has 1 aliphatic carbocycles. The molecule has 2 fully saturated rings. The van der Waals surface area contributed by atoms with E-state index in [4.69, 9.17) is 0 Å². The summed E-state index contributed by atoms with van der Waals surface area (Å²) in [5.74, 6) is 1.07. The fourth-order valence-electron chi connectivity index (χ4n) is 3.51. The van der Waals surface area contributed by atoms with Crippen molar-refractivity contribution in [1.29, 1.82) is 0 Å². The Labute approximate surface area is 103 Å². The average molecular weight is 229 g/mol. The van der Waals surface area contributed by atoms with Crippen molar-refractivity contribution in [2.45, 2.75) is 26.3 Å². The van der Waals surface area contributed by atoms with Crippen molar-refractivity contribution in [2.75, 3.05) is 13.1 Å². The predicted octanol–water partition coefficient (Wildman–Crippen LogP) is 2.49. The van der Waals surface area contributed by atoms with Crippen LogP contribution in [-0.4, -0.2) is 23.8 Å². The third-order valence-electron chi connectivity index (χ3n) is 4.37. The molecule has 1 aliphatic heterocycles. The average Bonchev–Trinajstić information content (AvgIpc) is 2.69. The van der Waals surface area contributed by atoms with Gasteiger partial charge in [-0.3, -0.25) is 9.69 Å². The monoisotopic (exact) mass is 229 g/mol. The molecule has 3 rings (SSSR count). The first kappa shape index (κ1) is 11.0. The van der Waals surface area contributed by atoms with Crippen molar-refractivity contribution >= 4 is 5.78 Å². The van der Waals surface area contributed by atoms with Gasteiger partial charge in [0.05, 0.1) is 0 Å². The highest BCUT2D eigenvalue weighted by molar-refractivity contribution is 5.82. The number of ketones is 1. The van der Waals surface area contributed by atoms with E-state index in [0.717, 1.165) is 32.5 Å². The Morgan fingerprint density at radius 3 is 2.82 bits per heavy atom. The Bertz CT molecular complexity index is 428. The lowest BCUT2D eigenvalue weighted by Gasteiger charge is -2.22. The highest BCUT2D eigenvalue weighted by atomic mass is 16.1. The fraction of sp³-hybridized carbons (Fsp3) is 0.533. The molecular formula is C15H19NO. The third kappa shape index (κ3) is 2.02. The second-order valence-corrected chi connectivity index (χ2v) is 5.93. The summed E-state index contributed by atoms with van der Waals surface area (Å²) in [5, 5.41) is 0. The molecule has 0 spiro atoms. The van der Waals surface area contributed by atoms with Gasteiger partial charge in [0.1, 0.15) is 5.78 Å². The van der Waals surface area contributed by atoms with E-state index in [2.05, 4.69) is 42.2 Å². The first-order valence-electron chi connectivity index (χ1n) is 6.44. The first-order chi connectivity index (χ1) is 8.16. The van der Waals surface area contributed by atoms with E-state index in [1.807, 2.05) is 0 Å². The van der Waals surface area contributed by atoms with Gasteiger partial charge in [-0.2, -0.15) is 0 Å². The summed E-state index contributed by atoms with van der Waals surface area (Å²) in [4.78, 5) is 14.0. The lowest BCUT2D eigenvalue weighted by atomic mass is 9.83. The van der Waals surface area contributed by atoms with Crippen molar-refractivity contribution in [2.24, 2.45) is 11.3 Å². The molecule has 2 heteroatoms. The number of rotatable bonds is 2. The molecule has 2 atom stereocenters. The van der Waals surface area contributed by atoms with Crippen molar-refractivity contribution in [3.8, 4) is 0 Å². The van der Waals surface area contributed by atoms with Crippen molar-refractivity contribution < 1.29 is 4.79 Å². The van der Waals surface area contributed by atoms with Gasteiger partial charge in [-0.25, -0.2) is 0 Å². The largest absolute Gasteiger partial charge is 0.300 e. The number of hydrogen-bond donors (Lipinski definition) is 0. The number of fused-ring (bicyclic) bond motifs is 1. The smallest absolute Gasteiger partial charge is 0.133 e. The van der Waals surface area contributed by atoms with E-state index < -0.39 is 0 Å². The number of likely N-dealkylation sites (tertiary alicyclic amines) is 1. The quantitative estimate of drug-likeness (QED) is 0.776. The number of hydrogen-bond acceptors (Lipinski definition) is 2. The molecule has 2 nitrogen and oxygen atoms in total. The molecule has 90 valence electrons. The number of benzene rings is 1. The molecule has 17 heavy (non-hydrogen) atoms. The number of Topliss-reactive ketones (excluding diaryl/α,β-unsaturated/α-hetero) is 1. The highest BCUT2D eigenvalue weighted by Gasteiger charge is 2.49. The van der Waals surface area contributed by atoms with Crippen LogP contribution in [0.4, 0.5) is 0 Å².